The van der Waals surface area contributed by atoms with Gasteiger partial charge in [0.05, 0.1) is 6.61 Å². The number of nitrogens with zero attached hydrogens (tertiary/aromatic N) is 5. The molecule has 0 radical (unpaired) electrons. The van der Waals surface area contributed by atoms with Gasteiger partial charge in [0.25, 0.3) is 0 Å². The van der Waals surface area contributed by atoms with Crippen molar-refractivity contribution in [3.63, 3.8) is 0 Å². The van der Waals surface area contributed by atoms with Gasteiger partial charge in [-0.05, 0) is 36.8 Å². The maximum Gasteiger partial charge on any atom is 0.185 e. The Morgan fingerprint density at radius 1 is 1.19 bits per heavy atom. The molecule has 1 aromatic carbocycles. The summed E-state index contributed by atoms with van der Waals surface area (Å²) in [4.78, 5) is 8.57. The number of hydrogen-bond donors (Lipinski definition) is 0. The van der Waals surface area contributed by atoms with Crippen molar-refractivity contribution in [2.75, 3.05) is 18.6 Å². The first-order valence-corrected chi connectivity index (χ1v) is 10.6. The van der Waals surface area contributed by atoms with E-state index < -0.39 is 0 Å². The van der Waals surface area contributed by atoms with Gasteiger partial charge in [0.15, 0.2) is 10.3 Å². The third-order valence-electron chi connectivity index (χ3n) is 4.04. The van der Waals surface area contributed by atoms with Gasteiger partial charge in [0.2, 0.25) is 0 Å². The van der Waals surface area contributed by atoms with Gasteiger partial charge in [-0.2, -0.15) is 5.10 Å². The fraction of sp³-hybridized carbons (Fsp3) is 0.389. The third-order valence-corrected chi connectivity index (χ3v) is 5.87. The Kier molecular flexibility index (Phi) is 6.62. The fourth-order valence-corrected chi connectivity index (χ4v) is 3.92. The molecule has 2 aromatic heterocycles. The molecule has 6 nitrogen and oxygen atoms in total. The van der Waals surface area contributed by atoms with Gasteiger partial charge in [-0.15, -0.1) is 0 Å². The van der Waals surface area contributed by atoms with E-state index in [4.69, 9.17) is 4.74 Å². The highest BCUT2D eigenvalue weighted by Crippen LogP contribution is 2.24. The number of aromatic nitrogens is 5. The molecule has 138 valence electrons. The Labute approximate surface area is 162 Å². The lowest BCUT2D eigenvalue weighted by atomic mass is 10.1. The number of imidazole rings is 1. The summed E-state index contributed by atoms with van der Waals surface area (Å²) in [7, 11) is 1.91. The van der Waals surface area contributed by atoms with Gasteiger partial charge >= 0.3 is 0 Å². The largest absolute Gasteiger partial charge is 0.493 e. The summed E-state index contributed by atoms with van der Waals surface area (Å²) in [6.45, 7) is 3.62. The molecule has 0 amide bonds. The SMILES string of the molecule is CSc1nccn1Cc1cccc(OCCCSc2ncnn2C)c1C. The molecule has 0 bridgehead atoms. The maximum absolute atomic E-state index is 6.02. The molecule has 8 heteroatoms. The molecule has 0 N–H and O–H groups in total. The molecule has 0 aliphatic rings. The zero-order chi connectivity index (χ0) is 18.4. The highest BCUT2D eigenvalue weighted by Gasteiger charge is 2.08. The summed E-state index contributed by atoms with van der Waals surface area (Å²) in [5, 5.41) is 6.04. The van der Waals surface area contributed by atoms with E-state index in [1.54, 1.807) is 34.5 Å². The number of ether oxygens (including phenoxy) is 1. The zero-order valence-corrected chi connectivity index (χ0v) is 16.9. The van der Waals surface area contributed by atoms with Crippen molar-refractivity contribution >= 4 is 23.5 Å². The number of hydrogen-bond acceptors (Lipinski definition) is 6. The fourth-order valence-electron chi connectivity index (χ4n) is 2.60. The van der Waals surface area contributed by atoms with Crippen LogP contribution in [-0.2, 0) is 13.6 Å². The molecule has 0 spiro atoms. The first kappa shape index (κ1) is 18.8. The lowest BCUT2D eigenvalue weighted by molar-refractivity contribution is 0.316. The van der Waals surface area contributed by atoms with Crippen LogP contribution < -0.4 is 4.74 Å². The highest BCUT2D eigenvalue weighted by atomic mass is 32.2. The monoisotopic (exact) mass is 389 g/mol. The van der Waals surface area contributed by atoms with E-state index in [1.165, 1.54) is 11.1 Å². The molecule has 0 atom stereocenters. The maximum atomic E-state index is 6.02. The number of benzene rings is 1. The van der Waals surface area contributed by atoms with Crippen LogP contribution in [-0.4, -0.2) is 42.9 Å². The molecule has 0 aliphatic carbocycles. The minimum atomic E-state index is 0.691. The Morgan fingerprint density at radius 2 is 2.08 bits per heavy atom. The minimum absolute atomic E-state index is 0.691. The summed E-state index contributed by atoms with van der Waals surface area (Å²) < 4.78 is 9.97. The van der Waals surface area contributed by atoms with Crippen LogP contribution in [0.1, 0.15) is 17.5 Å². The number of rotatable bonds is 9. The van der Waals surface area contributed by atoms with Crippen molar-refractivity contribution in [1.82, 2.24) is 24.3 Å². The molecular weight excluding hydrogens is 366 g/mol. The normalized spacial score (nSPS) is 11.0. The zero-order valence-electron chi connectivity index (χ0n) is 15.3. The summed E-state index contributed by atoms with van der Waals surface area (Å²) >= 11 is 3.36. The van der Waals surface area contributed by atoms with Crippen LogP contribution in [0.4, 0.5) is 0 Å². The molecular formula is C18H23N5OS2. The number of aryl methyl sites for hydroxylation is 1. The molecule has 3 rings (SSSR count). The van der Waals surface area contributed by atoms with E-state index >= 15 is 0 Å². The van der Waals surface area contributed by atoms with Crippen LogP contribution in [0.5, 0.6) is 5.75 Å². The van der Waals surface area contributed by atoms with Gasteiger partial charge in [0, 0.05) is 31.7 Å². The molecule has 0 fully saturated rings. The second-order valence-electron chi connectivity index (χ2n) is 5.80. The molecule has 0 saturated carbocycles. The lowest BCUT2D eigenvalue weighted by Gasteiger charge is -2.14. The minimum Gasteiger partial charge on any atom is -0.493 e. The van der Waals surface area contributed by atoms with Crippen LogP contribution >= 0.6 is 23.5 Å². The number of thioether (sulfide) groups is 2. The third kappa shape index (κ3) is 4.62. The molecule has 0 unspecified atom stereocenters. The van der Waals surface area contributed by atoms with E-state index in [-0.39, 0.29) is 0 Å². The van der Waals surface area contributed by atoms with Crippen molar-refractivity contribution in [3.05, 3.63) is 48.0 Å². The van der Waals surface area contributed by atoms with Crippen molar-refractivity contribution in [2.45, 2.75) is 30.2 Å². The van der Waals surface area contributed by atoms with Gasteiger partial charge in [-0.3, -0.25) is 0 Å². The van der Waals surface area contributed by atoms with Gasteiger partial charge < -0.3 is 9.30 Å². The highest BCUT2D eigenvalue weighted by molar-refractivity contribution is 7.99. The van der Waals surface area contributed by atoms with Gasteiger partial charge in [0.1, 0.15) is 12.1 Å². The second-order valence-corrected chi connectivity index (χ2v) is 7.63. The average Bonchev–Trinajstić information content (AvgIpc) is 3.26. The molecule has 2 heterocycles. The predicted molar refractivity (Wildman–Crippen MR) is 106 cm³/mol. The molecule has 26 heavy (non-hydrogen) atoms. The first-order chi connectivity index (χ1) is 12.7. The quantitative estimate of drug-likeness (QED) is 0.411. The van der Waals surface area contributed by atoms with Gasteiger partial charge in [-0.25, -0.2) is 14.6 Å². The summed E-state index contributed by atoms with van der Waals surface area (Å²) in [5.41, 5.74) is 2.44. The van der Waals surface area contributed by atoms with E-state index in [2.05, 4.69) is 38.7 Å². The molecule has 3 aromatic rings. The van der Waals surface area contributed by atoms with Crippen molar-refractivity contribution in [1.29, 1.82) is 0 Å². The second kappa shape index (κ2) is 9.14. The van der Waals surface area contributed by atoms with Crippen LogP contribution in [0.3, 0.4) is 0 Å². The Bertz CT molecular complexity index is 846. The van der Waals surface area contributed by atoms with E-state index in [0.29, 0.717) is 6.61 Å². The van der Waals surface area contributed by atoms with Crippen molar-refractivity contribution < 1.29 is 4.74 Å². The molecule has 0 aliphatic heterocycles. The van der Waals surface area contributed by atoms with Crippen LogP contribution in [0, 0.1) is 6.92 Å². The topological polar surface area (TPSA) is 57.8 Å². The standard InChI is InChI=1S/C18H23N5OS2/c1-14-15(12-23-9-8-19-18(23)25-3)6-4-7-16(14)24-10-5-11-26-17-20-13-21-22(17)2/h4,6-9,13H,5,10-12H2,1-3H3. The predicted octanol–water partition coefficient (Wildman–Crippen LogP) is 3.65. The van der Waals surface area contributed by atoms with Crippen LogP contribution in [0.15, 0.2) is 47.2 Å². The van der Waals surface area contributed by atoms with Crippen LogP contribution in [0.25, 0.3) is 0 Å². The molecule has 0 saturated heterocycles. The summed E-state index contributed by atoms with van der Waals surface area (Å²) in [6, 6.07) is 6.25. The van der Waals surface area contributed by atoms with E-state index in [0.717, 1.165) is 34.8 Å². The van der Waals surface area contributed by atoms with E-state index in [1.807, 2.05) is 31.8 Å². The van der Waals surface area contributed by atoms with Crippen LogP contribution in [0.2, 0.25) is 0 Å². The Morgan fingerprint density at radius 3 is 2.85 bits per heavy atom. The van der Waals surface area contributed by atoms with Crippen molar-refractivity contribution in [3.8, 4) is 5.75 Å². The van der Waals surface area contributed by atoms with Gasteiger partial charge in [-0.1, -0.05) is 35.7 Å². The summed E-state index contributed by atoms with van der Waals surface area (Å²) in [6.07, 6.45) is 8.44. The summed E-state index contributed by atoms with van der Waals surface area (Å²) in [5.74, 6) is 1.91. The first-order valence-electron chi connectivity index (χ1n) is 8.42. The Balaban J connectivity index is 1.53. The van der Waals surface area contributed by atoms with E-state index in [9.17, 15) is 0 Å². The Hall–Kier alpha value is -1.93. The smallest absolute Gasteiger partial charge is 0.185 e. The lowest BCUT2D eigenvalue weighted by Crippen LogP contribution is -2.05. The average molecular weight is 390 g/mol. The van der Waals surface area contributed by atoms with Crippen molar-refractivity contribution in [2.24, 2.45) is 7.05 Å².